The van der Waals surface area contributed by atoms with E-state index in [4.69, 9.17) is 4.74 Å². The SMILES string of the molecule is CS(C)(C)C#CC1(O)CC2(COC2)C1. The monoisotopic (exact) mass is 214 g/mol. The van der Waals surface area contributed by atoms with Crippen LogP contribution in [0.2, 0.25) is 0 Å². The molecule has 1 heterocycles. The summed E-state index contributed by atoms with van der Waals surface area (Å²) in [5, 5.41) is 13.3. The Hall–Kier alpha value is -0.170. The van der Waals surface area contributed by atoms with Crippen LogP contribution in [0.1, 0.15) is 12.8 Å². The molecule has 1 saturated heterocycles. The topological polar surface area (TPSA) is 29.5 Å². The molecular weight excluding hydrogens is 196 g/mol. The molecule has 0 aromatic carbocycles. The summed E-state index contributed by atoms with van der Waals surface area (Å²) in [4.78, 5) is 0. The predicted octanol–water partition coefficient (Wildman–Crippen LogP) is 1.18. The quantitative estimate of drug-likeness (QED) is 0.614. The lowest BCUT2D eigenvalue weighted by atomic mass is 9.58. The van der Waals surface area contributed by atoms with Crippen LogP contribution in [0.5, 0.6) is 0 Å². The highest BCUT2D eigenvalue weighted by atomic mass is 32.3. The van der Waals surface area contributed by atoms with E-state index in [1.165, 1.54) is 0 Å². The van der Waals surface area contributed by atoms with E-state index in [2.05, 4.69) is 29.9 Å². The van der Waals surface area contributed by atoms with Crippen molar-refractivity contribution in [2.24, 2.45) is 5.41 Å². The van der Waals surface area contributed by atoms with E-state index < -0.39 is 15.6 Å². The lowest BCUT2D eigenvalue weighted by molar-refractivity contribution is -0.219. The van der Waals surface area contributed by atoms with Crippen LogP contribution in [0.3, 0.4) is 0 Å². The van der Waals surface area contributed by atoms with Crippen LogP contribution in [0.15, 0.2) is 0 Å². The highest BCUT2D eigenvalue weighted by molar-refractivity contribution is 8.35. The van der Waals surface area contributed by atoms with Crippen molar-refractivity contribution in [2.75, 3.05) is 32.0 Å². The van der Waals surface area contributed by atoms with Crippen molar-refractivity contribution in [1.29, 1.82) is 0 Å². The van der Waals surface area contributed by atoms with Crippen molar-refractivity contribution in [3.63, 3.8) is 0 Å². The normalized spacial score (nSPS) is 28.3. The van der Waals surface area contributed by atoms with Crippen molar-refractivity contribution >= 4 is 10.0 Å². The van der Waals surface area contributed by atoms with Gasteiger partial charge in [0.1, 0.15) is 5.60 Å². The fraction of sp³-hybridized carbons (Fsp3) is 0.818. The number of ether oxygens (including phenoxy) is 1. The van der Waals surface area contributed by atoms with Gasteiger partial charge in [0, 0.05) is 5.41 Å². The molecule has 14 heavy (non-hydrogen) atoms. The van der Waals surface area contributed by atoms with Gasteiger partial charge < -0.3 is 9.84 Å². The van der Waals surface area contributed by atoms with Crippen molar-refractivity contribution < 1.29 is 9.84 Å². The number of hydrogen-bond donors (Lipinski definition) is 1. The molecule has 0 amide bonds. The molecule has 1 aliphatic heterocycles. The van der Waals surface area contributed by atoms with Crippen molar-refractivity contribution in [3.05, 3.63) is 0 Å². The number of hydrogen-bond acceptors (Lipinski definition) is 2. The molecule has 2 nitrogen and oxygen atoms in total. The molecule has 0 aromatic heterocycles. The molecule has 80 valence electrons. The summed E-state index contributed by atoms with van der Waals surface area (Å²) < 4.78 is 5.16. The van der Waals surface area contributed by atoms with Crippen molar-refractivity contribution in [1.82, 2.24) is 0 Å². The van der Waals surface area contributed by atoms with Crippen LogP contribution in [-0.4, -0.2) is 42.7 Å². The number of rotatable bonds is 0. The molecule has 0 radical (unpaired) electrons. The third-order valence-electron chi connectivity index (χ3n) is 2.74. The molecule has 0 aromatic rings. The minimum absolute atomic E-state index is 0.288. The van der Waals surface area contributed by atoms with E-state index in [0.29, 0.717) is 0 Å². The van der Waals surface area contributed by atoms with Gasteiger partial charge in [0.25, 0.3) is 0 Å². The van der Waals surface area contributed by atoms with Crippen LogP contribution in [0.25, 0.3) is 0 Å². The molecule has 1 N–H and O–H groups in total. The van der Waals surface area contributed by atoms with E-state index >= 15 is 0 Å². The largest absolute Gasteiger partial charge is 0.380 e. The molecule has 2 rings (SSSR count). The van der Waals surface area contributed by atoms with Crippen LogP contribution in [-0.2, 0) is 4.74 Å². The van der Waals surface area contributed by atoms with Crippen LogP contribution in [0, 0.1) is 16.6 Å². The Morgan fingerprint density at radius 3 is 2.14 bits per heavy atom. The van der Waals surface area contributed by atoms with E-state index in [-0.39, 0.29) is 5.41 Å². The van der Waals surface area contributed by atoms with E-state index in [0.717, 1.165) is 26.1 Å². The zero-order chi connectivity index (χ0) is 10.4. The average Bonchev–Trinajstić information content (AvgIpc) is 1.90. The smallest absolute Gasteiger partial charge is 0.127 e. The first-order valence-corrected chi connectivity index (χ1v) is 7.71. The van der Waals surface area contributed by atoms with Crippen LogP contribution < -0.4 is 0 Å². The summed E-state index contributed by atoms with van der Waals surface area (Å²) in [5.74, 6) is 3.05. The summed E-state index contributed by atoms with van der Waals surface area (Å²) in [6.45, 7) is 1.64. The van der Waals surface area contributed by atoms with Gasteiger partial charge in [-0.15, -0.1) is 0 Å². The summed E-state index contributed by atoms with van der Waals surface area (Å²) in [7, 11) is -0.812. The molecular formula is C11H18O2S. The van der Waals surface area contributed by atoms with Gasteiger partial charge in [-0.3, -0.25) is 0 Å². The van der Waals surface area contributed by atoms with Gasteiger partial charge in [-0.25, -0.2) is 0 Å². The van der Waals surface area contributed by atoms with Gasteiger partial charge in [-0.2, -0.15) is 10.0 Å². The van der Waals surface area contributed by atoms with E-state index in [1.807, 2.05) is 0 Å². The van der Waals surface area contributed by atoms with Crippen molar-refractivity contribution in [2.45, 2.75) is 18.4 Å². The second kappa shape index (κ2) is 2.91. The number of aliphatic hydroxyl groups is 1. The van der Waals surface area contributed by atoms with Gasteiger partial charge in [0.2, 0.25) is 0 Å². The Balaban J connectivity index is 1.96. The maximum absolute atomic E-state index is 10.1. The molecule has 0 bridgehead atoms. The van der Waals surface area contributed by atoms with Gasteiger partial charge >= 0.3 is 0 Å². The standard InChI is InChI=1S/C11H18O2S/c1-14(2,3)5-4-11(12)6-10(7-11)8-13-9-10/h12H,6-9H2,1-3H3. The fourth-order valence-corrected chi connectivity index (χ4v) is 2.62. The molecule has 1 saturated carbocycles. The molecule has 0 atom stereocenters. The molecule has 2 aliphatic rings. The molecule has 3 heteroatoms. The fourth-order valence-electron chi connectivity index (χ4n) is 2.12. The first-order chi connectivity index (χ1) is 6.33. The summed E-state index contributed by atoms with van der Waals surface area (Å²) >= 11 is 0. The zero-order valence-corrected chi connectivity index (χ0v) is 9.91. The lowest BCUT2D eigenvalue weighted by Crippen LogP contribution is -2.60. The maximum atomic E-state index is 10.1. The molecule has 0 unspecified atom stereocenters. The molecule has 1 aliphatic carbocycles. The Morgan fingerprint density at radius 1 is 1.21 bits per heavy atom. The van der Waals surface area contributed by atoms with Gasteiger partial charge in [-0.05, 0) is 31.6 Å². The minimum Gasteiger partial charge on any atom is -0.380 e. The second-order valence-corrected chi connectivity index (χ2v) is 9.32. The van der Waals surface area contributed by atoms with Gasteiger partial charge in [0.15, 0.2) is 0 Å². The lowest BCUT2D eigenvalue weighted by Gasteiger charge is -2.55. The Bertz CT molecular complexity index is 293. The Morgan fingerprint density at radius 2 is 1.79 bits per heavy atom. The van der Waals surface area contributed by atoms with E-state index in [1.54, 1.807) is 0 Å². The first-order valence-electron chi connectivity index (χ1n) is 4.85. The van der Waals surface area contributed by atoms with Gasteiger partial charge in [-0.1, -0.05) is 11.2 Å². The van der Waals surface area contributed by atoms with Gasteiger partial charge in [0.05, 0.1) is 13.2 Å². The summed E-state index contributed by atoms with van der Waals surface area (Å²) in [6.07, 6.45) is 8.05. The summed E-state index contributed by atoms with van der Waals surface area (Å²) in [5.41, 5.74) is -0.416. The third kappa shape index (κ3) is 1.93. The summed E-state index contributed by atoms with van der Waals surface area (Å²) in [6, 6.07) is 0. The van der Waals surface area contributed by atoms with Crippen molar-refractivity contribution in [3.8, 4) is 11.2 Å². The predicted molar refractivity (Wildman–Crippen MR) is 60.6 cm³/mol. The molecule has 2 fully saturated rings. The minimum atomic E-state index is -0.812. The Labute approximate surface area is 87.3 Å². The zero-order valence-electron chi connectivity index (χ0n) is 9.09. The first kappa shape index (κ1) is 10.4. The maximum Gasteiger partial charge on any atom is 0.127 e. The molecule has 1 spiro atoms. The highest BCUT2D eigenvalue weighted by Gasteiger charge is 2.57. The average molecular weight is 214 g/mol. The third-order valence-corrected chi connectivity index (χ3v) is 3.46. The van der Waals surface area contributed by atoms with E-state index in [9.17, 15) is 5.11 Å². The Kier molecular flexibility index (Phi) is 2.15. The second-order valence-electron chi connectivity index (χ2n) is 5.44. The van der Waals surface area contributed by atoms with Crippen LogP contribution in [0.4, 0.5) is 0 Å². The highest BCUT2D eigenvalue weighted by Crippen LogP contribution is 2.53. The van der Waals surface area contributed by atoms with Crippen LogP contribution >= 0.6 is 10.0 Å².